The zero-order chi connectivity index (χ0) is 39.2. The molecule has 1 amide bonds. The lowest BCUT2D eigenvalue weighted by Crippen LogP contribution is -2.36. The van der Waals surface area contributed by atoms with Crippen LogP contribution in [0.2, 0.25) is 0 Å². The van der Waals surface area contributed by atoms with Crippen molar-refractivity contribution in [2.45, 2.75) is 121 Å². The normalized spacial score (nSPS) is 20.1. The van der Waals surface area contributed by atoms with Gasteiger partial charge in [-0.15, -0.1) is 0 Å². The maximum absolute atomic E-state index is 11.9. The minimum atomic E-state index is -1.06. The van der Waals surface area contributed by atoms with Crippen LogP contribution in [0, 0.1) is 23.7 Å². The molecule has 0 bridgehead atoms. The Hall–Kier alpha value is -3.87. The van der Waals surface area contributed by atoms with Crippen molar-refractivity contribution in [1.29, 1.82) is 0 Å². The number of benzene rings is 1. The van der Waals surface area contributed by atoms with Crippen LogP contribution < -0.4 is 0 Å². The number of hydrogen-bond donors (Lipinski definition) is 0. The van der Waals surface area contributed by atoms with E-state index in [9.17, 15) is 24.0 Å². The average molecular weight is 739 g/mol. The fraction of sp³-hybridized carbons (Fsp3) is 0.718. The van der Waals surface area contributed by atoms with Crippen LogP contribution in [-0.2, 0) is 44.6 Å². The highest BCUT2D eigenvalue weighted by molar-refractivity contribution is 5.77. The van der Waals surface area contributed by atoms with Crippen LogP contribution in [-0.4, -0.2) is 96.3 Å². The standard InChI is InChI=1S/C15H21NO2.C13H23NO4.C10H18O5.CH4/c1-3-18-15(17)14-11-16(9-12(14)2)10-13-7-5-4-6-8-13;1-6-17-11(15)10-8-14(7-9(10)2)12(16)18-13(3,4)5;1-9(2,3)14-7(11)13-8(12)15-10(4,5)6;/h4-8,12,14H,3,9-11H2,1-2H3;9-10H,6-8H2,1-5H3;1-6H3;1H4/t12-,14-;9-,10-;;/m11../s1. The van der Waals surface area contributed by atoms with Crippen molar-refractivity contribution >= 4 is 30.3 Å². The van der Waals surface area contributed by atoms with E-state index in [1.54, 1.807) is 53.4 Å². The van der Waals surface area contributed by atoms with Crippen molar-refractivity contribution in [3.8, 4) is 0 Å². The number of nitrogens with zero attached hydrogens (tertiary/aromatic N) is 2. The number of ether oxygens (including phenoxy) is 6. The van der Waals surface area contributed by atoms with Gasteiger partial charge in [-0.25, -0.2) is 14.4 Å². The first-order valence-corrected chi connectivity index (χ1v) is 17.7. The molecule has 0 spiro atoms. The van der Waals surface area contributed by atoms with Gasteiger partial charge in [-0.05, 0) is 93.6 Å². The van der Waals surface area contributed by atoms with E-state index in [2.05, 4.69) is 40.8 Å². The fourth-order valence-electron chi connectivity index (χ4n) is 5.20. The van der Waals surface area contributed by atoms with Gasteiger partial charge in [0.25, 0.3) is 0 Å². The Labute approximate surface area is 311 Å². The molecular weight excluding hydrogens is 672 g/mol. The van der Waals surface area contributed by atoms with Gasteiger partial charge in [-0.3, -0.25) is 14.5 Å². The first-order valence-electron chi connectivity index (χ1n) is 17.7. The molecular formula is C39H66N2O11. The summed E-state index contributed by atoms with van der Waals surface area (Å²) in [5.74, 6) is 0.0204. The van der Waals surface area contributed by atoms with E-state index >= 15 is 0 Å². The van der Waals surface area contributed by atoms with Crippen LogP contribution in [0.3, 0.4) is 0 Å². The molecule has 1 aromatic carbocycles. The number of esters is 2. The van der Waals surface area contributed by atoms with Crippen molar-refractivity contribution in [1.82, 2.24) is 9.80 Å². The van der Waals surface area contributed by atoms with E-state index < -0.39 is 29.1 Å². The van der Waals surface area contributed by atoms with E-state index in [1.165, 1.54) is 5.56 Å². The lowest BCUT2D eigenvalue weighted by molar-refractivity contribution is -0.149. The molecule has 2 saturated heterocycles. The maximum atomic E-state index is 11.9. The predicted molar refractivity (Wildman–Crippen MR) is 198 cm³/mol. The molecule has 13 nitrogen and oxygen atoms in total. The summed E-state index contributed by atoms with van der Waals surface area (Å²) >= 11 is 0. The highest BCUT2D eigenvalue weighted by Gasteiger charge is 2.39. The minimum Gasteiger partial charge on any atom is -0.466 e. The molecule has 2 aliphatic heterocycles. The van der Waals surface area contributed by atoms with Gasteiger partial charge in [0.15, 0.2) is 0 Å². The number of likely N-dealkylation sites (tertiary alicyclic amines) is 2. The van der Waals surface area contributed by atoms with Gasteiger partial charge in [0.1, 0.15) is 16.8 Å². The Morgan fingerprint density at radius 3 is 1.48 bits per heavy atom. The Morgan fingerprint density at radius 2 is 1.06 bits per heavy atom. The summed E-state index contributed by atoms with van der Waals surface area (Å²) in [6, 6.07) is 10.4. The molecule has 2 heterocycles. The third kappa shape index (κ3) is 19.7. The summed E-state index contributed by atoms with van der Waals surface area (Å²) < 4.78 is 29.2. The smallest absolute Gasteiger partial charge is 0.466 e. The fourth-order valence-corrected chi connectivity index (χ4v) is 5.20. The number of amides is 1. The molecule has 2 fully saturated rings. The molecule has 4 atom stereocenters. The number of carbonyl (C=O) groups is 5. The van der Waals surface area contributed by atoms with Crippen molar-refractivity contribution in [2.24, 2.45) is 23.7 Å². The van der Waals surface area contributed by atoms with Gasteiger partial charge < -0.3 is 33.3 Å². The van der Waals surface area contributed by atoms with Crippen molar-refractivity contribution < 1.29 is 52.4 Å². The summed E-state index contributed by atoms with van der Waals surface area (Å²) in [4.78, 5) is 61.3. The maximum Gasteiger partial charge on any atom is 0.519 e. The molecule has 2 aliphatic rings. The van der Waals surface area contributed by atoms with Crippen LogP contribution in [0.15, 0.2) is 30.3 Å². The van der Waals surface area contributed by atoms with Crippen LogP contribution in [0.1, 0.15) is 103 Å². The quantitative estimate of drug-likeness (QED) is 0.159. The molecule has 1 aromatic rings. The topological polar surface area (TPSA) is 147 Å². The van der Waals surface area contributed by atoms with Gasteiger partial charge in [-0.1, -0.05) is 51.6 Å². The monoisotopic (exact) mass is 738 g/mol. The van der Waals surface area contributed by atoms with Gasteiger partial charge in [0, 0.05) is 32.7 Å². The van der Waals surface area contributed by atoms with Crippen LogP contribution >= 0.6 is 0 Å². The Morgan fingerprint density at radius 1 is 0.635 bits per heavy atom. The Balaban J connectivity index is 0.000000748. The average Bonchev–Trinajstić information content (AvgIpc) is 3.53. The molecule has 0 aromatic heterocycles. The van der Waals surface area contributed by atoms with Gasteiger partial charge in [0.2, 0.25) is 0 Å². The first-order chi connectivity index (χ1) is 23.4. The van der Waals surface area contributed by atoms with Gasteiger partial charge >= 0.3 is 30.3 Å². The third-order valence-corrected chi connectivity index (χ3v) is 7.33. The van der Waals surface area contributed by atoms with Crippen molar-refractivity contribution in [2.75, 3.05) is 39.4 Å². The highest BCUT2D eigenvalue weighted by Crippen LogP contribution is 2.27. The predicted octanol–water partition coefficient (Wildman–Crippen LogP) is 7.88. The van der Waals surface area contributed by atoms with Crippen LogP contribution in [0.25, 0.3) is 0 Å². The molecule has 0 N–H and O–H groups in total. The molecule has 0 saturated carbocycles. The highest BCUT2D eigenvalue weighted by atomic mass is 16.8. The zero-order valence-electron chi connectivity index (χ0n) is 33.0. The summed E-state index contributed by atoms with van der Waals surface area (Å²) in [6.07, 6.45) is -2.48. The van der Waals surface area contributed by atoms with Gasteiger partial charge in [-0.2, -0.15) is 0 Å². The molecule has 13 heteroatoms. The first kappa shape index (κ1) is 48.1. The summed E-state index contributed by atoms with van der Waals surface area (Å²) in [5, 5.41) is 0. The second-order valence-corrected chi connectivity index (χ2v) is 15.8. The molecule has 3 rings (SSSR count). The third-order valence-electron chi connectivity index (χ3n) is 7.33. The Bertz CT molecular complexity index is 1240. The van der Waals surface area contributed by atoms with Crippen molar-refractivity contribution in [3.05, 3.63) is 35.9 Å². The minimum absolute atomic E-state index is 0. The van der Waals surface area contributed by atoms with Gasteiger partial charge in [0.05, 0.1) is 25.0 Å². The second-order valence-electron chi connectivity index (χ2n) is 15.8. The SMILES string of the molecule is C.CC(C)(C)OC(=O)OC(=O)OC(C)(C)C.CCOC(=O)[C@@H]1CN(C(=O)OC(C)(C)C)C[C@H]1C.CCOC(=O)[C@@H]1CN(Cc2ccccc2)C[C@H]1C. The zero-order valence-corrected chi connectivity index (χ0v) is 33.0. The summed E-state index contributed by atoms with van der Waals surface area (Å²) in [5.41, 5.74) is -0.602. The summed E-state index contributed by atoms with van der Waals surface area (Å²) in [6.45, 7) is 27.7. The summed E-state index contributed by atoms with van der Waals surface area (Å²) in [7, 11) is 0. The van der Waals surface area contributed by atoms with Crippen molar-refractivity contribution in [3.63, 3.8) is 0 Å². The molecule has 0 aliphatic carbocycles. The van der Waals surface area contributed by atoms with Crippen LogP contribution in [0.5, 0.6) is 0 Å². The molecule has 0 radical (unpaired) electrons. The number of hydrogen-bond acceptors (Lipinski definition) is 12. The Kier molecular flexibility index (Phi) is 20.0. The number of rotatable bonds is 6. The van der Waals surface area contributed by atoms with E-state index in [0.717, 1.165) is 19.6 Å². The lowest BCUT2D eigenvalue weighted by atomic mass is 9.99. The van der Waals surface area contributed by atoms with E-state index in [4.69, 9.17) is 23.7 Å². The molecule has 52 heavy (non-hydrogen) atoms. The lowest BCUT2D eigenvalue weighted by Gasteiger charge is -2.24. The second kappa shape index (κ2) is 21.6. The molecule has 0 unspecified atom stereocenters. The number of carbonyl (C=O) groups excluding carboxylic acids is 5. The van der Waals surface area contributed by atoms with Crippen LogP contribution in [0.4, 0.5) is 14.4 Å². The van der Waals surface area contributed by atoms with E-state index in [0.29, 0.717) is 32.2 Å². The van der Waals surface area contributed by atoms with E-state index in [-0.39, 0.29) is 43.2 Å². The largest absolute Gasteiger partial charge is 0.519 e. The molecule has 298 valence electrons. The van der Waals surface area contributed by atoms with E-state index in [1.807, 2.05) is 40.7 Å².